The molecule has 0 aliphatic rings. The Morgan fingerprint density at radius 3 is 2.53 bits per heavy atom. The highest BCUT2D eigenvalue weighted by molar-refractivity contribution is 5.79. The average Bonchev–Trinajstić information content (AvgIpc) is 2.14. The minimum atomic E-state index is 0.0237. The molecule has 1 aromatic carbocycles. The van der Waals surface area contributed by atoms with Gasteiger partial charge in [-0.1, -0.05) is 6.07 Å². The van der Waals surface area contributed by atoms with E-state index < -0.39 is 0 Å². The van der Waals surface area contributed by atoms with Gasteiger partial charge in [0.25, 0.3) is 0 Å². The van der Waals surface area contributed by atoms with E-state index in [-0.39, 0.29) is 18.0 Å². The Morgan fingerprint density at radius 2 is 2.07 bits per heavy atom. The molecule has 0 saturated heterocycles. The van der Waals surface area contributed by atoms with E-state index in [1.165, 1.54) is 14.0 Å². The summed E-state index contributed by atoms with van der Waals surface area (Å²) >= 11 is 0. The van der Waals surface area contributed by atoms with Crippen molar-refractivity contribution in [2.75, 3.05) is 7.11 Å². The fourth-order valence-electron chi connectivity index (χ4n) is 1.59. The number of hydrogen-bond donors (Lipinski definition) is 1. The number of phenolic OH excluding ortho intramolecular Hbond substituents is 1. The van der Waals surface area contributed by atoms with Gasteiger partial charge in [0.2, 0.25) is 0 Å². The standard InChI is InChI=1S/C12H16O3/c1-7-5-10(6-8(2)13)11(14)12(15-4)9(7)3/h5,14H,6H2,1-4H3. The Morgan fingerprint density at radius 1 is 1.47 bits per heavy atom. The fourth-order valence-corrected chi connectivity index (χ4v) is 1.59. The number of methoxy groups -OCH3 is 1. The predicted molar refractivity (Wildman–Crippen MR) is 58.5 cm³/mol. The number of phenols is 1. The lowest BCUT2D eigenvalue weighted by atomic mass is 10.0. The van der Waals surface area contributed by atoms with Crippen LogP contribution in [0.2, 0.25) is 0 Å². The highest BCUT2D eigenvalue weighted by atomic mass is 16.5. The summed E-state index contributed by atoms with van der Waals surface area (Å²) in [6.45, 7) is 5.31. The van der Waals surface area contributed by atoms with Crippen LogP contribution in [0.5, 0.6) is 11.5 Å². The topological polar surface area (TPSA) is 46.5 Å². The lowest BCUT2D eigenvalue weighted by molar-refractivity contribution is -0.116. The third-order valence-electron chi connectivity index (χ3n) is 2.49. The van der Waals surface area contributed by atoms with Gasteiger partial charge in [-0.2, -0.15) is 0 Å². The van der Waals surface area contributed by atoms with Crippen molar-refractivity contribution in [2.24, 2.45) is 0 Å². The van der Waals surface area contributed by atoms with Gasteiger partial charge in [0.05, 0.1) is 7.11 Å². The molecular weight excluding hydrogens is 192 g/mol. The van der Waals surface area contributed by atoms with Crippen LogP contribution in [0.1, 0.15) is 23.6 Å². The van der Waals surface area contributed by atoms with Crippen LogP contribution in [0.25, 0.3) is 0 Å². The molecule has 0 saturated carbocycles. The van der Waals surface area contributed by atoms with E-state index in [2.05, 4.69) is 0 Å². The van der Waals surface area contributed by atoms with E-state index in [1.807, 2.05) is 19.9 Å². The number of aromatic hydroxyl groups is 1. The van der Waals surface area contributed by atoms with Gasteiger partial charge >= 0.3 is 0 Å². The second kappa shape index (κ2) is 4.34. The average molecular weight is 208 g/mol. The molecule has 0 unspecified atom stereocenters. The molecule has 1 aromatic rings. The number of benzene rings is 1. The van der Waals surface area contributed by atoms with E-state index in [1.54, 1.807) is 0 Å². The maximum absolute atomic E-state index is 11.0. The molecule has 0 aliphatic heterocycles. The van der Waals surface area contributed by atoms with Crippen molar-refractivity contribution in [2.45, 2.75) is 27.2 Å². The first kappa shape index (κ1) is 11.6. The molecule has 0 spiro atoms. The number of ketones is 1. The molecule has 0 atom stereocenters. The van der Waals surface area contributed by atoms with Crippen molar-refractivity contribution < 1.29 is 14.6 Å². The first-order chi connectivity index (χ1) is 6.97. The van der Waals surface area contributed by atoms with E-state index in [0.29, 0.717) is 11.3 Å². The predicted octanol–water partition coefficient (Wildman–Crippen LogP) is 2.15. The minimum Gasteiger partial charge on any atom is -0.504 e. The summed E-state index contributed by atoms with van der Waals surface area (Å²) in [5.74, 6) is 0.567. The monoisotopic (exact) mass is 208 g/mol. The van der Waals surface area contributed by atoms with E-state index in [4.69, 9.17) is 4.74 Å². The van der Waals surface area contributed by atoms with Gasteiger partial charge in [0.1, 0.15) is 5.78 Å². The molecule has 0 amide bonds. The molecule has 1 rings (SSSR count). The third kappa shape index (κ3) is 2.29. The van der Waals surface area contributed by atoms with Crippen molar-refractivity contribution in [3.63, 3.8) is 0 Å². The molecule has 0 bridgehead atoms. The Labute approximate surface area is 89.7 Å². The Bertz CT molecular complexity index is 394. The maximum atomic E-state index is 11.0. The molecule has 82 valence electrons. The number of rotatable bonds is 3. The smallest absolute Gasteiger partial charge is 0.163 e. The van der Waals surface area contributed by atoms with Crippen molar-refractivity contribution in [1.82, 2.24) is 0 Å². The van der Waals surface area contributed by atoms with Crippen molar-refractivity contribution in [3.8, 4) is 11.5 Å². The molecule has 0 radical (unpaired) electrons. The largest absolute Gasteiger partial charge is 0.504 e. The number of ether oxygens (including phenoxy) is 1. The van der Waals surface area contributed by atoms with Crippen LogP contribution in [-0.4, -0.2) is 18.0 Å². The molecule has 0 aliphatic carbocycles. The lowest BCUT2D eigenvalue weighted by Crippen LogP contribution is -2.00. The molecule has 3 nitrogen and oxygen atoms in total. The van der Waals surface area contributed by atoms with Gasteiger partial charge in [-0.3, -0.25) is 4.79 Å². The number of carbonyl (C=O) groups is 1. The molecule has 0 fully saturated rings. The summed E-state index contributed by atoms with van der Waals surface area (Å²) in [4.78, 5) is 11.0. The van der Waals surface area contributed by atoms with Gasteiger partial charge in [0.15, 0.2) is 11.5 Å². The molecule has 3 heteroatoms. The zero-order valence-electron chi connectivity index (χ0n) is 9.55. The van der Waals surface area contributed by atoms with E-state index in [9.17, 15) is 9.90 Å². The molecule has 0 heterocycles. The quantitative estimate of drug-likeness (QED) is 0.827. The zero-order valence-corrected chi connectivity index (χ0v) is 9.55. The number of hydrogen-bond acceptors (Lipinski definition) is 3. The first-order valence-electron chi connectivity index (χ1n) is 4.82. The summed E-state index contributed by atoms with van der Waals surface area (Å²) in [5, 5.41) is 9.87. The third-order valence-corrected chi connectivity index (χ3v) is 2.49. The first-order valence-corrected chi connectivity index (χ1v) is 4.82. The van der Waals surface area contributed by atoms with Crippen LogP contribution in [0, 0.1) is 13.8 Å². The normalized spacial score (nSPS) is 10.1. The van der Waals surface area contributed by atoms with Crippen molar-refractivity contribution >= 4 is 5.78 Å². The van der Waals surface area contributed by atoms with E-state index >= 15 is 0 Å². The Kier molecular flexibility index (Phi) is 3.35. The second-order valence-electron chi connectivity index (χ2n) is 3.74. The zero-order chi connectivity index (χ0) is 11.6. The van der Waals surface area contributed by atoms with Gasteiger partial charge in [-0.05, 0) is 31.9 Å². The van der Waals surface area contributed by atoms with Gasteiger partial charge < -0.3 is 9.84 Å². The minimum absolute atomic E-state index is 0.0237. The number of aryl methyl sites for hydroxylation is 1. The summed E-state index contributed by atoms with van der Waals surface area (Å²) in [7, 11) is 1.51. The highest BCUT2D eigenvalue weighted by Crippen LogP contribution is 2.35. The van der Waals surface area contributed by atoms with Gasteiger partial charge in [-0.15, -0.1) is 0 Å². The number of carbonyl (C=O) groups excluding carboxylic acids is 1. The van der Waals surface area contributed by atoms with Crippen LogP contribution in [-0.2, 0) is 11.2 Å². The molecular formula is C12H16O3. The molecule has 15 heavy (non-hydrogen) atoms. The highest BCUT2D eigenvalue weighted by Gasteiger charge is 2.14. The van der Waals surface area contributed by atoms with Crippen molar-refractivity contribution in [1.29, 1.82) is 0 Å². The van der Waals surface area contributed by atoms with Gasteiger partial charge in [-0.25, -0.2) is 0 Å². The SMILES string of the molecule is COc1c(C)c(C)cc(CC(C)=O)c1O. The van der Waals surface area contributed by atoms with Crippen LogP contribution in [0.15, 0.2) is 6.07 Å². The summed E-state index contributed by atoms with van der Waals surface area (Å²) in [6, 6.07) is 1.83. The Balaban J connectivity index is 3.30. The number of Topliss-reactive ketones (excluding diaryl/α,β-unsaturated/α-hetero) is 1. The van der Waals surface area contributed by atoms with Crippen LogP contribution >= 0.6 is 0 Å². The molecule has 1 N–H and O–H groups in total. The Hall–Kier alpha value is -1.51. The maximum Gasteiger partial charge on any atom is 0.163 e. The van der Waals surface area contributed by atoms with Crippen LogP contribution in [0.4, 0.5) is 0 Å². The summed E-state index contributed by atoms with van der Waals surface area (Å²) in [5.41, 5.74) is 2.55. The van der Waals surface area contributed by atoms with Crippen LogP contribution < -0.4 is 4.74 Å². The van der Waals surface area contributed by atoms with Crippen LogP contribution in [0.3, 0.4) is 0 Å². The lowest BCUT2D eigenvalue weighted by Gasteiger charge is -2.13. The molecule has 0 aromatic heterocycles. The van der Waals surface area contributed by atoms with E-state index in [0.717, 1.165) is 11.1 Å². The summed E-state index contributed by atoms with van der Waals surface area (Å²) in [6.07, 6.45) is 0.239. The van der Waals surface area contributed by atoms with Gasteiger partial charge in [0, 0.05) is 12.0 Å². The second-order valence-corrected chi connectivity index (χ2v) is 3.74. The van der Waals surface area contributed by atoms with Crippen molar-refractivity contribution in [3.05, 3.63) is 22.8 Å². The summed E-state index contributed by atoms with van der Waals surface area (Å²) < 4.78 is 5.12. The fraction of sp³-hybridized carbons (Fsp3) is 0.417.